The minimum absolute atomic E-state index is 0.112. The third-order valence-electron chi connectivity index (χ3n) is 3.34. The number of aromatic carboxylic acids is 1. The van der Waals surface area contributed by atoms with Crippen LogP contribution in [-0.4, -0.2) is 26.3 Å². The van der Waals surface area contributed by atoms with Gasteiger partial charge in [0.15, 0.2) is 0 Å². The van der Waals surface area contributed by atoms with E-state index >= 15 is 0 Å². The fraction of sp³-hybridized carbons (Fsp3) is 0.357. The number of carboxylic acid groups (broad SMARTS) is 1. The number of rotatable bonds is 3. The van der Waals surface area contributed by atoms with Crippen molar-refractivity contribution in [3.8, 4) is 0 Å². The molecule has 4 nitrogen and oxygen atoms in total. The summed E-state index contributed by atoms with van der Waals surface area (Å²) in [6.07, 6.45) is 4.88. The maximum absolute atomic E-state index is 11.1. The number of carbonyl (C=O) groups is 1. The molecule has 98 valence electrons. The van der Waals surface area contributed by atoms with Gasteiger partial charge in [-0.3, -0.25) is 0 Å². The van der Waals surface area contributed by atoms with Crippen LogP contribution in [0.4, 0.5) is 0 Å². The fourth-order valence-electron chi connectivity index (χ4n) is 2.40. The summed E-state index contributed by atoms with van der Waals surface area (Å²) < 4.78 is 0. The molecule has 0 radical (unpaired) electrons. The third-order valence-corrected chi connectivity index (χ3v) is 4.68. The molecule has 0 bridgehead atoms. The van der Waals surface area contributed by atoms with Crippen molar-refractivity contribution >= 4 is 28.6 Å². The van der Waals surface area contributed by atoms with E-state index in [2.05, 4.69) is 9.97 Å². The zero-order valence-corrected chi connectivity index (χ0v) is 11.2. The quantitative estimate of drug-likeness (QED) is 0.869. The van der Waals surface area contributed by atoms with Crippen LogP contribution in [0.1, 0.15) is 36.3 Å². The lowest BCUT2D eigenvalue weighted by molar-refractivity contribution is 0.0683. The van der Waals surface area contributed by atoms with E-state index in [1.807, 2.05) is 24.3 Å². The Hall–Kier alpha value is -1.62. The minimum atomic E-state index is -1.07. The molecule has 3 rings (SSSR count). The molecule has 1 aromatic carbocycles. The van der Waals surface area contributed by atoms with Gasteiger partial charge in [0.25, 0.3) is 0 Å². The van der Waals surface area contributed by atoms with Gasteiger partial charge in [-0.2, -0.15) is 0 Å². The zero-order valence-electron chi connectivity index (χ0n) is 10.4. The van der Waals surface area contributed by atoms with Crippen molar-refractivity contribution in [3.63, 3.8) is 0 Å². The van der Waals surface area contributed by atoms with Gasteiger partial charge < -0.3 is 5.11 Å². The van der Waals surface area contributed by atoms with E-state index in [0.29, 0.717) is 10.8 Å². The molecule has 0 spiro atoms. The van der Waals surface area contributed by atoms with E-state index in [9.17, 15) is 4.79 Å². The molecule has 0 amide bonds. The third kappa shape index (κ3) is 2.56. The smallest absolute Gasteiger partial charge is 0.373 e. The highest BCUT2D eigenvalue weighted by Crippen LogP contribution is 2.36. The number of hydrogen-bond acceptors (Lipinski definition) is 4. The van der Waals surface area contributed by atoms with Crippen molar-refractivity contribution < 1.29 is 9.90 Å². The first kappa shape index (κ1) is 12.4. The molecule has 1 heterocycles. The second-order valence-electron chi connectivity index (χ2n) is 4.70. The molecule has 1 saturated carbocycles. The average Bonchev–Trinajstić information content (AvgIpc) is 2.91. The van der Waals surface area contributed by atoms with Gasteiger partial charge in [0.1, 0.15) is 5.03 Å². The Labute approximate surface area is 115 Å². The highest BCUT2D eigenvalue weighted by atomic mass is 32.2. The van der Waals surface area contributed by atoms with Gasteiger partial charge in [-0.05, 0) is 18.9 Å². The Morgan fingerprint density at radius 1 is 1.21 bits per heavy atom. The number of fused-ring (bicyclic) bond motifs is 1. The van der Waals surface area contributed by atoms with E-state index in [1.165, 1.54) is 25.7 Å². The Morgan fingerprint density at radius 3 is 2.68 bits per heavy atom. The second kappa shape index (κ2) is 5.17. The van der Waals surface area contributed by atoms with Gasteiger partial charge in [0, 0.05) is 10.6 Å². The maximum Gasteiger partial charge on any atom is 0.373 e. The van der Waals surface area contributed by atoms with E-state index in [4.69, 9.17) is 5.11 Å². The van der Waals surface area contributed by atoms with Gasteiger partial charge in [0.05, 0.1) is 5.52 Å². The summed E-state index contributed by atoms with van der Waals surface area (Å²) in [6.45, 7) is 0. The van der Waals surface area contributed by atoms with Gasteiger partial charge in [-0.25, -0.2) is 14.8 Å². The molecule has 1 N–H and O–H groups in total. The molecule has 0 aliphatic heterocycles. The topological polar surface area (TPSA) is 63.1 Å². The predicted octanol–water partition coefficient (Wildman–Crippen LogP) is 3.36. The van der Waals surface area contributed by atoms with Crippen molar-refractivity contribution in [1.29, 1.82) is 0 Å². The van der Waals surface area contributed by atoms with Gasteiger partial charge in [-0.15, -0.1) is 11.8 Å². The summed E-state index contributed by atoms with van der Waals surface area (Å²) in [7, 11) is 0. The lowest BCUT2D eigenvalue weighted by Crippen LogP contribution is -2.06. The van der Waals surface area contributed by atoms with Crippen LogP contribution in [0.3, 0.4) is 0 Å². The van der Waals surface area contributed by atoms with Gasteiger partial charge in [-0.1, -0.05) is 31.0 Å². The van der Waals surface area contributed by atoms with Crippen LogP contribution < -0.4 is 0 Å². The number of para-hydroxylation sites is 1. The average molecular weight is 274 g/mol. The molecule has 19 heavy (non-hydrogen) atoms. The number of nitrogens with zero attached hydrogens (tertiary/aromatic N) is 2. The Morgan fingerprint density at radius 2 is 1.95 bits per heavy atom. The van der Waals surface area contributed by atoms with Gasteiger partial charge in [0.2, 0.25) is 5.82 Å². The molecule has 2 aromatic rings. The summed E-state index contributed by atoms with van der Waals surface area (Å²) in [6, 6.07) is 7.59. The van der Waals surface area contributed by atoms with Crippen molar-refractivity contribution in [2.45, 2.75) is 36.0 Å². The number of thioether (sulfide) groups is 1. The van der Waals surface area contributed by atoms with Crippen molar-refractivity contribution in [1.82, 2.24) is 9.97 Å². The molecule has 0 saturated heterocycles. The molecule has 1 aliphatic carbocycles. The Balaban J connectivity index is 2.06. The monoisotopic (exact) mass is 274 g/mol. The predicted molar refractivity (Wildman–Crippen MR) is 74.6 cm³/mol. The maximum atomic E-state index is 11.1. The van der Waals surface area contributed by atoms with Crippen molar-refractivity contribution in [2.24, 2.45) is 0 Å². The largest absolute Gasteiger partial charge is 0.475 e. The molecule has 0 unspecified atom stereocenters. The number of hydrogen-bond donors (Lipinski definition) is 1. The van der Waals surface area contributed by atoms with Crippen LogP contribution >= 0.6 is 11.8 Å². The molecule has 0 atom stereocenters. The van der Waals surface area contributed by atoms with Crippen molar-refractivity contribution in [3.05, 3.63) is 30.1 Å². The Kier molecular flexibility index (Phi) is 3.38. The SMILES string of the molecule is O=C(O)c1nc(SC2CCCC2)c2ccccc2n1. The first-order chi connectivity index (χ1) is 9.24. The summed E-state index contributed by atoms with van der Waals surface area (Å²) in [5, 5.41) is 11.4. The summed E-state index contributed by atoms with van der Waals surface area (Å²) in [5.74, 6) is -1.18. The highest BCUT2D eigenvalue weighted by molar-refractivity contribution is 8.00. The molecule has 1 aliphatic rings. The van der Waals surface area contributed by atoms with Crippen LogP contribution in [0.25, 0.3) is 10.9 Å². The lowest BCUT2D eigenvalue weighted by Gasteiger charge is -2.10. The summed E-state index contributed by atoms with van der Waals surface area (Å²) in [5.41, 5.74) is 0.704. The zero-order chi connectivity index (χ0) is 13.2. The summed E-state index contributed by atoms with van der Waals surface area (Å²) >= 11 is 1.70. The number of aromatic nitrogens is 2. The van der Waals surface area contributed by atoms with Gasteiger partial charge >= 0.3 is 5.97 Å². The molecule has 1 aromatic heterocycles. The van der Waals surface area contributed by atoms with Crippen LogP contribution in [0.2, 0.25) is 0 Å². The molecule has 1 fully saturated rings. The summed E-state index contributed by atoms with van der Waals surface area (Å²) in [4.78, 5) is 19.4. The standard InChI is InChI=1S/C14H14N2O2S/c17-14(18)12-15-11-8-4-3-7-10(11)13(16-12)19-9-5-1-2-6-9/h3-4,7-9H,1-2,5-6H2,(H,17,18). The first-order valence-corrected chi connectivity index (χ1v) is 7.29. The van der Waals surface area contributed by atoms with Crippen LogP contribution in [0.15, 0.2) is 29.3 Å². The highest BCUT2D eigenvalue weighted by Gasteiger charge is 2.20. The molecular formula is C14H14N2O2S. The van der Waals surface area contributed by atoms with Crippen LogP contribution in [0, 0.1) is 0 Å². The first-order valence-electron chi connectivity index (χ1n) is 6.41. The van der Waals surface area contributed by atoms with E-state index in [-0.39, 0.29) is 5.82 Å². The van der Waals surface area contributed by atoms with E-state index in [0.717, 1.165) is 10.4 Å². The van der Waals surface area contributed by atoms with Crippen LogP contribution in [-0.2, 0) is 0 Å². The minimum Gasteiger partial charge on any atom is -0.475 e. The van der Waals surface area contributed by atoms with Crippen molar-refractivity contribution in [2.75, 3.05) is 0 Å². The lowest BCUT2D eigenvalue weighted by atomic mass is 10.2. The normalized spacial score (nSPS) is 16.0. The van der Waals surface area contributed by atoms with E-state index < -0.39 is 5.97 Å². The number of benzene rings is 1. The molecule has 5 heteroatoms. The number of carboxylic acids is 1. The second-order valence-corrected chi connectivity index (χ2v) is 5.99. The fourth-order valence-corrected chi connectivity index (χ4v) is 3.72. The van der Waals surface area contributed by atoms with E-state index in [1.54, 1.807) is 11.8 Å². The molecular weight excluding hydrogens is 260 g/mol. The van der Waals surface area contributed by atoms with Crippen LogP contribution in [0.5, 0.6) is 0 Å². The Bertz CT molecular complexity index is 624.